The number of nitrogens with one attached hydrogen (secondary N) is 2. The van der Waals surface area contributed by atoms with Crippen molar-refractivity contribution >= 4 is 29.5 Å². The summed E-state index contributed by atoms with van der Waals surface area (Å²) in [6, 6.07) is 3.36. The SMILES string of the molecule is CCCCNC(=S)N/N=C\c1cc(OC)c(OC(C)=O)c(OC)c1. The number of hydrazone groups is 1. The topological polar surface area (TPSA) is 81.2 Å². The van der Waals surface area contributed by atoms with Gasteiger partial charge in [0, 0.05) is 19.0 Å². The Kier molecular flexibility index (Phi) is 8.56. The molecule has 0 aromatic heterocycles. The molecule has 0 saturated carbocycles. The van der Waals surface area contributed by atoms with E-state index in [0.717, 1.165) is 19.4 Å². The Balaban J connectivity index is 2.83. The molecule has 0 bridgehead atoms. The van der Waals surface area contributed by atoms with Gasteiger partial charge in [-0.25, -0.2) is 0 Å². The molecule has 0 aliphatic rings. The average Bonchev–Trinajstić information content (AvgIpc) is 2.55. The molecule has 0 heterocycles. The Morgan fingerprint density at radius 2 is 1.92 bits per heavy atom. The van der Waals surface area contributed by atoms with Crippen LogP contribution in [-0.2, 0) is 4.79 Å². The van der Waals surface area contributed by atoms with Crippen LogP contribution in [-0.4, -0.2) is 38.1 Å². The van der Waals surface area contributed by atoms with Crippen LogP contribution in [0.2, 0.25) is 0 Å². The van der Waals surface area contributed by atoms with Crippen molar-refractivity contribution in [2.45, 2.75) is 26.7 Å². The lowest BCUT2D eigenvalue weighted by atomic mass is 10.2. The van der Waals surface area contributed by atoms with Crippen LogP contribution in [0.5, 0.6) is 17.2 Å². The average molecular weight is 353 g/mol. The largest absolute Gasteiger partial charge is 0.493 e. The van der Waals surface area contributed by atoms with Gasteiger partial charge in [0.25, 0.3) is 0 Å². The van der Waals surface area contributed by atoms with Crippen molar-refractivity contribution in [1.29, 1.82) is 0 Å². The summed E-state index contributed by atoms with van der Waals surface area (Å²) in [5.41, 5.74) is 3.43. The van der Waals surface area contributed by atoms with Crippen LogP contribution < -0.4 is 25.0 Å². The number of rotatable bonds is 8. The molecule has 1 aromatic carbocycles. The molecule has 0 unspecified atom stereocenters. The van der Waals surface area contributed by atoms with Crippen LogP contribution in [0.3, 0.4) is 0 Å². The van der Waals surface area contributed by atoms with Crippen molar-refractivity contribution in [2.75, 3.05) is 20.8 Å². The fourth-order valence-corrected chi connectivity index (χ4v) is 1.96. The number of nitrogens with zero attached hydrogens (tertiary/aromatic N) is 1. The standard InChI is InChI=1S/C16H23N3O4S/c1-5-6-7-17-16(24)19-18-10-12-8-13(21-3)15(23-11(2)20)14(9-12)22-4/h8-10H,5-7H2,1-4H3,(H2,17,19,24)/b18-10-. The van der Waals surface area contributed by atoms with Gasteiger partial charge in [-0.05, 0) is 30.8 Å². The quantitative estimate of drug-likeness (QED) is 0.185. The summed E-state index contributed by atoms with van der Waals surface area (Å²) < 4.78 is 15.6. The Morgan fingerprint density at radius 1 is 1.29 bits per heavy atom. The normalized spacial score (nSPS) is 10.3. The molecular weight excluding hydrogens is 330 g/mol. The van der Waals surface area contributed by atoms with Crippen LogP contribution in [0.1, 0.15) is 32.3 Å². The minimum absolute atomic E-state index is 0.231. The summed E-state index contributed by atoms with van der Waals surface area (Å²) in [5.74, 6) is 0.511. The van der Waals surface area contributed by atoms with Gasteiger partial charge in [-0.3, -0.25) is 10.2 Å². The number of thiocarbonyl (C=S) groups is 1. The predicted molar refractivity (Wildman–Crippen MR) is 97.1 cm³/mol. The molecule has 24 heavy (non-hydrogen) atoms. The maximum atomic E-state index is 11.2. The number of carbonyl (C=O) groups is 1. The van der Waals surface area contributed by atoms with E-state index in [2.05, 4.69) is 22.8 Å². The summed E-state index contributed by atoms with van der Waals surface area (Å²) in [6.45, 7) is 4.22. The molecule has 0 saturated heterocycles. The van der Waals surface area contributed by atoms with Gasteiger partial charge in [0.1, 0.15) is 0 Å². The summed E-state index contributed by atoms with van der Waals surface area (Å²) in [7, 11) is 2.96. The van der Waals surface area contributed by atoms with E-state index in [0.29, 0.717) is 22.2 Å². The lowest BCUT2D eigenvalue weighted by Gasteiger charge is -2.13. The molecule has 0 aliphatic carbocycles. The smallest absolute Gasteiger partial charge is 0.308 e. The fraction of sp³-hybridized carbons (Fsp3) is 0.438. The fourth-order valence-electron chi connectivity index (χ4n) is 1.80. The van der Waals surface area contributed by atoms with Gasteiger partial charge < -0.3 is 19.5 Å². The molecular formula is C16H23N3O4S. The van der Waals surface area contributed by atoms with E-state index in [9.17, 15) is 4.79 Å². The third-order valence-electron chi connectivity index (χ3n) is 2.92. The molecule has 8 heteroatoms. The first kappa shape index (κ1) is 19.7. The van der Waals surface area contributed by atoms with Crippen molar-refractivity contribution in [3.63, 3.8) is 0 Å². The zero-order valence-corrected chi connectivity index (χ0v) is 15.2. The molecule has 0 atom stereocenters. The van der Waals surface area contributed by atoms with Crippen molar-refractivity contribution in [3.05, 3.63) is 17.7 Å². The maximum absolute atomic E-state index is 11.2. The Morgan fingerprint density at radius 3 is 2.42 bits per heavy atom. The molecule has 0 spiro atoms. The van der Waals surface area contributed by atoms with E-state index in [1.807, 2.05) is 0 Å². The highest BCUT2D eigenvalue weighted by Gasteiger charge is 2.15. The minimum Gasteiger partial charge on any atom is -0.493 e. The lowest BCUT2D eigenvalue weighted by molar-refractivity contribution is -0.132. The summed E-state index contributed by atoms with van der Waals surface area (Å²) in [6.07, 6.45) is 3.70. The molecule has 1 rings (SSSR count). The van der Waals surface area contributed by atoms with Crippen LogP contribution in [0.4, 0.5) is 0 Å². The van der Waals surface area contributed by atoms with E-state index in [-0.39, 0.29) is 5.75 Å². The number of carbonyl (C=O) groups excluding carboxylic acids is 1. The zero-order valence-electron chi connectivity index (χ0n) is 14.3. The number of ether oxygens (including phenoxy) is 3. The molecule has 0 fully saturated rings. The van der Waals surface area contributed by atoms with Crippen molar-refractivity contribution < 1.29 is 19.0 Å². The van der Waals surface area contributed by atoms with Gasteiger partial charge >= 0.3 is 5.97 Å². The second-order valence-corrected chi connectivity index (χ2v) is 5.24. The molecule has 0 radical (unpaired) electrons. The van der Waals surface area contributed by atoms with Crippen LogP contribution in [0, 0.1) is 0 Å². The van der Waals surface area contributed by atoms with Crippen LogP contribution >= 0.6 is 12.2 Å². The monoisotopic (exact) mass is 353 g/mol. The Bertz CT molecular complexity index is 580. The number of unbranched alkanes of at least 4 members (excludes halogenated alkanes) is 1. The molecule has 0 aliphatic heterocycles. The third-order valence-corrected chi connectivity index (χ3v) is 3.16. The first-order valence-corrected chi connectivity index (χ1v) is 7.94. The molecule has 2 N–H and O–H groups in total. The van der Waals surface area contributed by atoms with E-state index in [1.165, 1.54) is 21.1 Å². The molecule has 7 nitrogen and oxygen atoms in total. The highest BCUT2D eigenvalue weighted by Crippen LogP contribution is 2.38. The van der Waals surface area contributed by atoms with Crippen molar-refractivity contribution in [1.82, 2.24) is 10.7 Å². The van der Waals surface area contributed by atoms with E-state index in [1.54, 1.807) is 18.3 Å². The second kappa shape index (κ2) is 10.4. The summed E-state index contributed by atoms with van der Waals surface area (Å²) in [4.78, 5) is 11.2. The van der Waals surface area contributed by atoms with Gasteiger partial charge in [-0.15, -0.1) is 0 Å². The summed E-state index contributed by atoms with van der Waals surface area (Å²) >= 11 is 5.11. The van der Waals surface area contributed by atoms with Crippen LogP contribution in [0.25, 0.3) is 0 Å². The van der Waals surface area contributed by atoms with Gasteiger partial charge in [0.05, 0.1) is 20.4 Å². The minimum atomic E-state index is -0.460. The molecule has 0 amide bonds. The molecule has 1 aromatic rings. The first-order valence-electron chi connectivity index (χ1n) is 7.53. The number of benzene rings is 1. The highest BCUT2D eigenvalue weighted by atomic mass is 32.1. The number of hydrogen-bond acceptors (Lipinski definition) is 6. The van der Waals surface area contributed by atoms with Gasteiger partial charge in [-0.1, -0.05) is 13.3 Å². The van der Waals surface area contributed by atoms with Gasteiger partial charge in [-0.2, -0.15) is 5.10 Å². The zero-order chi connectivity index (χ0) is 17.9. The second-order valence-electron chi connectivity index (χ2n) is 4.83. The first-order chi connectivity index (χ1) is 11.5. The van der Waals surface area contributed by atoms with E-state index in [4.69, 9.17) is 26.4 Å². The van der Waals surface area contributed by atoms with E-state index < -0.39 is 5.97 Å². The predicted octanol–water partition coefficient (Wildman–Crippen LogP) is 2.23. The van der Waals surface area contributed by atoms with Gasteiger partial charge in [0.15, 0.2) is 16.6 Å². The van der Waals surface area contributed by atoms with Crippen LogP contribution in [0.15, 0.2) is 17.2 Å². The lowest BCUT2D eigenvalue weighted by Crippen LogP contribution is -2.32. The number of esters is 1. The number of hydrogen-bond donors (Lipinski definition) is 2. The number of methoxy groups -OCH3 is 2. The van der Waals surface area contributed by atoms with E-state index >= 15 is 0 Å². The Hall–Kier alpha value is -2.35. The van der Waals surface area contributed by atoms with Crippen molar-refractivity contribution in [3.8, 4) is 17.2 Å². The highest BCUT2D eigenvalue weighted by molar-refractivity contribution is 7.80. The van der Waals surface area contributed by atoms with Crippen molar-refractivity contribution in [2.24, 2.45) is 5.10 Å². The Labute approximate surface area is 147 Å². The molecule has 132 valence electrons. The van der Waals surface area contributed by atoms with Gasteiger partial charge in [0.2, 0.25) is 5.75 Å². The third kappa shape index (κ3) is 6.41. The summed E-state index contributed by atoms with van der Waals surface area (Å²) in [5, 5.41) is 7.56. The maximum Gasteiger partial charge on any atom is 0.308 e.